The van der Waals surface area contributed by atoms with Crippen LogP contribution in [-0.4, -0.2) is 24.2 Å². The van der Waals surface area contributed by atoms with Gasteiger partial charge in [-0.15, -0.1) is 0 Å². The summed E-state index contributed by atoms with van der Waals surface area (Å²) in [5.41, 5.74) is 6.34. The van der Waals surface area contributed by atoms with Crippen molar-refractivity contribution in [3.63, 3.8) is 0 Å². The number of rotatable bonds is 1. The summed E-state index contributed by atoms with van der Waals surface area (Å²) >= 11 is 0. The minimum Gasteiger partial charge on any atom is -0.396 e. The molecule has 0 bridgehead atoms. The van der Waals surface area contributed by atoms with Gasteiger partial charge >= 0.3 is 0 Å². The molecular weight excluding hydrogens is 169 g/mol. The van der Waals surface area contributed by atoms with Crippen molar-refractivity contribution in [2.75, 3.05) is 23.7 Å². The second-order valence-corrected chi connectivity index (χ2v) is 3.25. The third kappa shape index (κ3) is 1.56. The van der Waals surface area contributed by atoms with Crippen molar-refractivity contribution in [3.8, 4) is 0 Å². The molecule has 2 N–H and O–H groups in total. The molecular formula is C9H12FN3. The molecule has 1 aliphatic heterocycles. The van der Waals surface area contributed by atoms with Gasteiger partial charge in [0.15, 0.2) is 5.82 Å². The Morgan fingerprint density at radius 2 is 2.46 bits per heavy atom. The molecule has 1 aliphatic rings. The first-order valence-electron chi connectivity index (χ1n) is 4.37. The van der Waals surface area contributed by atoms with Gasteiger partial charge in [-0.3, -0.25) is 0 Å². The molecule has 1 aromatic heterocycles. The fourth-order valence-electron chi connectivity index (χ4n) is 1.58. The number of hydrogen-bond donors (Lipinski definition) is 1. The molecule has 1 unspecified atom stereocenters. The normalized spacial score (nSPS) is 22.2. The van der Waals surface area contributed by atoms with Gasteiger partial charge in [-0.05, 0) is 18.6 Å². The van der Waals surface area contributed by atoms with E-state index in [4.69, 9.17) is 5.73 Å². The Balaban J connectivity index is 2.21. The summed E-state index contributed by atoms with van der Waals surface area (Å²) in [4.78, 5) is 6.02. The lowest BCUT2D eigenvalue weighted by Crippen LogP contribution is -2.22. The summed E-state index contributed by atoms with van der Waals surface area (Å²) in [6.07, 6.45) is 1.52. The van der Waals surface area contributed by atoms with E-state index in [1.807, 2.05) is 4.90 Å². The minimum absolute atomic E-state index is 0.418. The standard InChI is InChI=1S/C9H12FN3/c10-7-3-5-13(6-7)9-8(11)2-1-4-12-9/h1-2,4,7H,3,5-6,11H2. The van der Waals surface area contributed by atoms with Crippen molar-refractivity contribution < 1.29 is 4.39 Å². The maximum atomic E-state index is 12.9. The molecule has 2 rings (SSSR count). The fourth-order valence-corrected chi connectivity index (χ4v) is 1.58. The Hall–Kier alpha value is -1.32. The third-order valence-corrected chi connectivity index (χ3v) is 2.25. The van der Waals surface area contributed by atoms with E-state index in [0.717, 1.165) is 0 Å². The van der Waals surface area contributed by atoms with Gasteiger partial charge in [0.1, 0.15) is 6.17 Å². The van der Waals surface area contributed by atoms with Gasteiger partial charge in [-0.2, -0.15) is 0 Å². The summed E-state index contributed by atoms with van der Waals surface area (Å²) in [5, 5.41) is 0. The Bertz CT molecular complexity index is 303. The second kappa shape index (κ2) is 3.20. The monoisotopic (exact) mass is 181 g/mol. The topological polar surface area (TPSA) is 42.1 Å². The quantitative estimate of drug-likeness (QED) is 0.708. The molecule has 70 valence electrons. The molecule has 1 saturated heterocycles. The highest BCUT2D eigenvalue weighted by atomic mass is 19.1. The van der Waals surface area contributed by atoms with E-state index >= 15 is 0 Å². The number of nitrogens with two attached hydrogens (primary N) is 1. The van der Waals surface area contributed by atoms with Crippen LogP contribution >= 0.6 is 0 Å². The second-order valence-electron chi connectivity index (χ2n) is 3.25. The average Bonchev–Trinajstić information content (AvgIpc) is 2.53. The van der Waals surface area contributed by atoms with E-state index in [-0.39, 0.29) is 0 Å². The van der Waals surface area contributed by atoms with Crippen molar-refractivity contribution in [3.05, 3.63) is 18.3 Å². The van der Waals surface area contributed by atoms with Crippen LogP contribution in [0.4, 0.5) is 15.9 Å². The number of nitrogen functional groups attached to an aromatic ring is 1. The number of pyridine rings is 1. The van der Waals surface area contributed by atoms with Crippen molar-refractivity contribution in [2.45, 2.75) is 12.6 Å². The molecule has 0 spiro atoms. The van der Waals surface area contributed by atoms with Crippen molar-refractivity contribution in [1.29, 1.82) is 0 Å². The van der Waals surface area contributed by atoms with Gasteiger partial charge in [-0.1, -0.05) is 0 Å². The van der Waals surface area contributed by atoms with Gasteiger partial charge < -0.3 is 10.6 Å². The van der Waals surface area contributed by atoms with Gasteiger partial charge in [0.05, 0.1) is 12.2 Å². The zero-order chi connectivity index (χ0) is 9.26. The Labute approximate surface area is 76.4 Å². The maximum absolute atomic E-state index is 12.9. The number of alkyl halides is 1. The molecule has 13 heavy (non-hydrogen) atoms. The first-order valence-corrected chi connectivity index (χ1v) is 4.37. The Morgan fingerprint density at radius 1 is 1.62 bits per heavy atom. The maximum Gasteiger partial charge on any atom is 0.151 e. The molecule has 0 amide bonds. The van der Waals surface area contributed by atoms with E-state index in [1.54, 1.807) is 18.3 Å². The van der Waals surface area contributed by atoms with Crippen molar-refractivity contribution in [1.82, 2.24) is 4.98 Å². The molecule has 1 fully saturated rings. The summed E-state index contributed by atoms with van der Waals surface area (Å²) in [6.45, 7) is 1.13. The van der Waals surface area contributed by atoms with Crippen LogP contribution in [0.15, 0.2) is 18.3 Å². The van der Waals surface area contributed by atoms with Gasteiger partial charge in [0.25, 0.3) is 0 Å². The first-order chi connectivity index (χ1) is 6.27. The molecule has 0 aliphatic carbocycles. The van der Waals surface area contributed by atoms with Crippen molar-refractivity contribution >= 4 is 11.5 Å². The van der Waals surface area contributed by atoms with Crippen LogP contribution in [0.2, 0.25) is 0 Å². The summed E-state index contributed by atoms with van der Waals surface area (Å²) < 4.78 is 12.9. The Kier molecular flexibility index (Phi) is 2.04. The van der Waals surface area contributed by atoms with E-state index in [9.17, 15) is 4.39 Å². The lowest BCUT2D eigenvalue weighted by atomic mass is 10.3. The van der Waals surface area contributed by atoms with E-state index in [1.165, 1.54) is 0 Å². The van der Waals surface area contributed by atoms with Crippen LogP contribution in [0.5, 0.6) is 0 Å². The summed E-state index contributed by atoms with van der Waals surface area (Å²) in [7, 11) is 0. The smallest absolute Gasteiger partial charge is 0.151 e. The molecule has 1 atom stereocenters. The molecule has 1 aromatic rings. The van der Waals surface area contributed by atoms with Gasteiger partial charge in [0.2, 0.25) is 0 Å². The number of aromatic nitrogens is 1. The number of hydrogen-bond acceptors (Lipinski definition) is 3. The highest BCUT2D eigenvalue weighted by molar-refractivity contribution is 5.62. The third-order valence-electron chi connectivity index (χ3n) is 2.25. The van der Waals surface area contributed by atoms with Crippen LogP contribution in [0, 0.1) is 0 Å². The zero-order valence-electron chi connectivity index (χ0n) is 7.28. The van der Waals surface area contributed by atoms with E-state index < -0.39 is 6.17 Å². The number of anilines is 2. The molecule has 0 radical (unpaired) electrons. The highest BCUT2D eigenvalue weighted by Gasteiger charge is 2.23. The first kappa shape index (κ1) is 8.29. The highest BCUT2D eigenvalue weighted by Crippen LogP contribution is 2.24. The fraction of sp³-hybridized carbons (Fsp3) is 0.444. The average molecular weight is 181 g/mol. The van der Waals surface area contributed by atoms with Crippen LogP contribution in [0.3, 0.4) is 0 Å². The lowest BCUT2D eigenvalue weighted by Gasteiger charge is -2.17. The molecule has 4 heteroatoms. The largest absolute Gasteiger partial charge is 0.396 e. The molecule has 3 nitrogen and oxygen atoms in total. The zero-order valence-corrected chi connectivity index (χ0v) is 7.28. The van der Waals surface area contributed by atoms with Gasteiger partial charge in [0, 0.05) is 12.7 Å². The minimum atomic E-state index is -0.735. The predicted molar refractivity (Wildman–Crippen MR) is 50.4 cm³/mol. The Morgan fingerprint density at radius 3 is 3.08 bits per heavy atom. The predicted octanol–water partition coefficient (Wildman–Crippen LogP) is 1.21. The number of halogens is 1. The lowest BCUT2D eigenvalue weighted by molar-refractivity contribution is 0.364. The molecule has 0 saturated carbocycles. The van der Waals surface area contributed by atoms with Crippen LogP contribution in [-0.2, 0) is 0 Å². The van der Waals surface area contributed by atoms with Crippen LogP contribution in [0.25, 0.3) is 0 Å². The van der Waals surface area contributed by atoms with Gasteiger partial charge in [-0.25, -0.2) is 9.37 Å². The van der Waals surface area contributed by atoms with Crippen LogP contribution in [0.1, 0.15) is 6.42 Å². The van der Waals surface area contributed by atoms with E-state index in [2.05, 4.69) is 4.98 Å². The summed E-state index contributed by atoms with van der Waals surface area (Å²) in [6, 6.07) is 3.57. The SMILES string of the molecule is Nc1cccnc1N1CCC(F)C1. The molecule has 2 heterocycles. The molecule has 0 aromatic carbocycles. The van der Waals surface area contributed by atoms with Crippen LogP contribution < -0.4 is 10.6 Å². The summed E-state index contributed by atoms with van der Waals surface area (Å²) in [5.74, 6) is 0.711. The van der Waals surface area contributed by atoms with E-state index in [0.29, 0.717) is 31.0 Å². The van der Waals surface area contributed by atoms with Crippen molar-refractivity contribution in [2.24, 2.45) is 0 Å². The number of nitrogens with zero attached hydrogens (tertiary/aromatic N) is 2.